The second kappa shape index (κ2) is 9.92. The quantitative estimate of drug-likeness (QED) is 0.468. The topological polar surface area (TPSA) is 110 Å². The predicted octanol–water partition coefficient (Wildman–Crippen LogP) is 2.20. The monoisotopic (exact) mass is 567 g/mol. The van der Waals surface area contributed by atoms with Gasteiger partial charge in [0.1, 0.15) is 11.3 Å². The fourth-order valence-corrected chi connectivity index (χ4v) is 6.52. The number of piperazine rings is 1. The molecule has 1 aliphatic rings. The minimum Gasteiger partial charge on any atom is -0.493 e. The summed E-state index contributed by atoms with van der Waals surface area (Å²) in [7, 11) is -0.317. The maximum absolute atomic E-state index is 13.4. The lowest BCUT2D eigenvalue weighted by atomic mass is 10.1. The van der Waals surface area contributed by atoms with Gasteiger partial charge in [-0.25, -0.2) is 13.2 Å². The molecule has 0 spiro atoms. The molecule has 0 saturated carbocycles. The first-order chi connectivity index (χ1) is 16.6. The molecule has 0 radical (unpaired) electrons. The number of nitrogens with zero attached hydrogens (tertiary/aromatic N) is 4. The highest BCUT2D eigenvalue weighted by Crippen LogP contribution is 2.39. The third kappa shape index (κ3) is 4.48. The largest absolute Gasteiger partial charge is 0.493 e. The van der Waals surface area contributed by atoms with Crippen molar-refractivity contribution in [2.75, 3.05) is 39.8 Å². The van der Waals surface area contributed by atoms with Crippen molar-refractivity contribution in [3.63, 3.8) is 0 Å². The summed E-state index contributed by atoms with van der Waals surface area (Å²) in [6.07, 6.45) is 0.698. The van der Waals surface area contributed by atoms with E-state index in [9.17, 15) is 18.0 Å². The van der Waals surface area contributed by atoms with Crippen LogP contribution in [0.2, 0.25) is 0 Å². The van der Waals surface area contributed by atoms with Gasteiger partial charge in [-0.15, -0.1) is 0 Å². The van der Waals surface area contributed by atoms with Gasteiger partial charge in [0.05, 0.1) is 27.2 Å². The fourth-order valence-electron chi connectivity index (χ4n) is 4.35. The average molecular weight is 568 g/mol. The normalized spacial score (nSPS) is 15.7. The van der Waals surface area contributed by atoms with Gasteiger partial charge in [-0.3, -0.25) is 13.9 Å². The molecule has 12 heteroatoms. The van der Waals surface area contributed by atoms with Gasteiger partial charge in [0.2, 0.25) is 10.0 Å². The van der Waals surface area contributed by atoms with Crippen LogP contribution < -0.4 is 16.0 Å². The number of nitrogens with one attached hydrogen (secondary N) is 1. The van der Waals surface area contributed by atoms with Gasteiger partial charge in [-0.2, -0.15) is 4.31 Å². The second-order valence-corrected chi connectivity index (χ2v) is 11.4. The first kappa shape index (κ1) is 25.7. The highest BCUT2D eigenvalue weighted by atomic mass is 79.9. The Balaban J connectivity index is 1.94. The molecule has 10 nitrogen and oxygen atoms in total. The number of ether oxygens (including phenoxy) is 1. The smallest absolute Gasteiger partial charge is 0.331 e. The van der Waals surface area contributed by atoms with E-state index < -0.39 is 21.3 Å². The fraction of sp³-hybridized carbons (Fsp3) is 0.478. The molecule has 0 unspecified atom stereocenters. The predicted molar refractivity (Wildman–Crippen MR) is 139 cm³/mol. The van der Waals surface area contributed by atoms with Crippen LogP contribution in [0.25, 0.3) is 22.3 Å². The lowest BCUT2D eigenvalue weighted by Crippen LogP contribution is -2.47. The minimum absolute atomic E-state index is 0.143. The molecule has 0 aliphatic carbocycles. The SMILES string of the molecule is CCCn1c(=O)n(C)c(=O)c2[nH]c(-c3cc(S(=O)(=O)N4CCN(C)CC4)ccc3OCC)c(Br)c21. The van der Waals surface area contributed by atoms with Gasteiger partial charge in [0.25, 0.3) is 5.56 Å². The molecule has 1 aromatic carbocycles. The number of aromatic nitrogens is 3. The van der Waals surface area contributed by atoms with Gasteiger partial charge < -0.3 is 14.6 Å². The summed E-state index contributed by atoms with van der Waals surface area (Å²) < 4.78 is 37.3. The number of halogens is 1. The number of rotatable bonds is 7. The molecular formula is C23H30BrN5O5S. The van der Waals surface area contributed by atoms with E-state index in [0.29, 0.717) is 72.7 Å². The van der Waals surface area contributed by atoms with E-state index in [1.54, 1.807) is 22.8 Å². The first-order valence-electron chi connectivity index (χ1n) is 11.6. The number of sulfonamides is 1. The lowest BCUT2D eigenvalue weighted by molar-refractivity contribution is 0.222. The van der Waals surface area contributed by atoms with Crippen molar-refractivity contribution in [1.29, 1.82) is 0 Å². The number of benzene rings is 1. The van der Waals surface area contributed by atoms with Crippen molar-refractivity contribution in [2.24, 2.45) is 7.05 Å². The number of H-pyrrole nitrogens is 1. The number of aromatic amines is 1. The van der Waals surface area contributed by atoms with Gasteiger partial charge in [0, 0.05) is 45.3 Å². The van der Waals surface area contributed by atoms with Gasteiger partial charge >= 0.3 is 5.69 Å². The Labute approximate surface area is 212 Å². The van der Waals surface area contributed by atoms with E-state index in [2.05, 4.69) is 25.8 Å². The highest BCUT2D eigenvalue weighted by molar-refractivity contribution is 9.10. The third-order valence-corrected chi connectivity index (χ3v) is 8.95. The van der Waals surface area contributed by atoms with E-state index in [1.807, 2.05) is 20.9 Å². The lowest BCUT2D eigenvalue weighted by Gasteiger charge is -2.31. The van der Waals surface area contributed by atoms with Crippen LogP contribution in [-0.4, -0.2) is 71.6 Å². The van der Waals surface area contributed by atoms with Crippen LogP contribution in [0.15, 0.2) is 37.2 Å². The molecule has 3 heterocycles. The van der Waals surface area contributed by atoms with Crippen LogP contribution >= 0.6 is 15.9 Å². The summed E-state index contributed by atoms with van der Waals surface area (Å²) in [5, 5.41) is 0. The zero-order valence-electron chi connectivity index (χ0n) is 20.3. The van der Waals surface area contributed by atoms with Crippen molar-refractivity contribution in [3.8, 4) is 17.0 Å². The molecule has 1 fully saturated rings. The summed E-state index contributed by atoms with van der Waals surface area (Å²) >= 11 is 3.59. The Morgan fingerprint density at radius 2 is 1.77 bits per heavy atom. The molecule has 2 aromatic heterocycles. The van der Waals surface area contributed by atoms with Crippen LogP contribution in [-0.2, 0) is 23.6 Å². The molecule has 0 bridgehead atoms. The van der Waals surface area contributed by atoms with E-state index in [4.69, 9.17) is 4.74 Å². The Hall–Kier alpha value is -2.41. The third-order valence-electron chi connectivity index (χ3n) is 6.29. The van der Waals surface area contributed by atoms with Crippen molar-refractivity contribution in [2.45, 2.75) is 31.7 Å². The Morgan fingerprint density at radius 3 is 2.40 bits per heavy atom. The second-order valence-electron chi connectivity index (χ2n) is 8.63. The molecule has 0 amide bonds. The number of likely N-dealkylation sites (N-methyl/N-ethyl adjacent to an activating group) is 1. The molecule has 0 atom stereocenters. The van der Waals surface area contributed by atoms with Crippen LogP contribution in [0.5, 0.6) is 5.75 Å². The first-order valence-corrected chi connectivity index (χ1v) is 13.8. The zero-order valence-corrected chi connectivity index (χ0v) is 22.7. The van der Waals surface area contributed by atoms with Crippen LogP contribution in [0.3, 0.4) is 0 Å². The van der Waals surface area contributed by atoms with E-state index in [1.165, 1.54) is 11.4 Å². The van der Waals surface area contributed by atoms with E-state index >= 15 is 0 Å². The number of hydrogen-bond donors (Lipinski definition) is 1. The van der Waals surface area contributed by atoms with Crippen LogP contribution in [0.1, 0.15) is 20.3 Å². The Bertz CT molecular complexity index is 1480. The highest BCUT2D eigenvalue weighted by Gasteiger charge is 2.29. The minimum atomic E-state index is -3.73. The Morgan fingerprint density at radius 1 is 1.09 bits per heavy atom. The number of aryl methyl sites for hydroxylation is 1. The molecule has 3 aromatic rings. The molecule has 35 heavy (non-hydrogen) atoms. The molecule has 190 valence electrons. The molecule has 4 rings (SSSR count). The van der Waals surface area contributed by atoms with Crippen LogP contribution in [0.4, 0.5) is 0 Å². The molecular weight excluding hydrogens is 538 g/mol. The van der Waals surface area contributed by atoms with Gasteiger partial charge in [0.15, 0.2) is 0 Å². The van der Waals surface area contributed by atoms with Gasteiger partial charge in [-0.05, 0) is 54.5 Å². The maximum Gasteiger partial charge on any atom is 0.331 e. The van der Waals surface area contributed by atoms with Crippen molar-refractivity contribution < 1.29 is 13.2 Å². The average Bonchev–Trinajstić information content (AvgIpc) is 3.18. The van der Waals surface area contributed by atoms with Crippen molar-refractivity contribution >= 4 is 37.0 Å². The molecule has 1 N–H and O–H groups in total. The van der Waals surface area contributed by atoms with Crippen molar-refractivity contribution in [1.82, 2.24) is 23.3 Å². The van der Waals surface area contributed by atoms with Gasteiger partial charge in [-0.1, -0.05) is 6.92 Å². The van der Waals surface area contributed by atoms with Crippen LogP contribution in [0, 0.1) is 0 Å². The van der Waals surface area contributed by atoms with Crippen molar-refractivity contribution in [3.05, 3.63) is 43.5 Å². The maximum atomic E-state index is 13.4. The summed E-state index contributed by atoms with van der Waals surface area (Å²) in [5.41, 5.74) is 0.812. The van der Waals surface area contributed by atoms with E-state index in [0.717, 1.165) is 4.57 Å². The number of hydrogen-bond acceptors (Lipinski definition) is 6. The molecule has 1 saturated heterocycles. The molecule has 1 aliphatic heterocycles. The zero-order chi connectivity index (χ0) is 25.5. The summed E-state index contributed by atoms with van der Waals surface area (Å²) in [5.74, 6) is 0.471. The summed E-state index contributed by atoms with van der Waals surface area (Å²) in [4.78, 5) is 31.1. The standard InChI is InChI=1S/C23H30BrN5O5S/c1-5-9-29-21-18(24)19(25-20(21)22(30)27(4)23(29)31)16-14-15(7-8-17(16)34-6-2)35(32,33)28-12-10-26(3)11-13-28/h7-8,14,25H,5-6,9-13H2,1-4H3. The summed E-state index contributed by atoms with van der Waals surface area (Å²) in [6, 6.07) is 4.75. The van der Waals surface area contributed by atoms with E-state index in [-0.39, 0.29) is 10.4 Å². The number of fused-ring (bicyclic) bond motifs is 1. The summed E-state index contributed by atoms with van der Waals surface area (Å²) in [6.45, 7) is 6.74. The Kier molecular flexibility index (Phi) is 7.28.